The number of aromatic carboxylic acids is 1. The van der Waals surface area contributed by atoms with E-state index in [4.69, 9.17) is 15.1 Å². The van der Waals surface area contributed by atoms with E-state index in [2.05, 4.69) is 0 Å². The summed E-state index contributed by atoms with van der Waals surface area (Å²) in [6.07, 6.45) is 0. The Bertz CT molecular complexity index is 393. The monoisotopic (exact) mass is 191 g/mol. The lowest BCUT2D eigenvalue weighted by Gasteiger charge is -2.04. The number of ether oxygens (including phenoxy) is 1. The second-order valence-corrected chi connectivity index (χ2v) is 2.72. The van der Waals surface area contributed by atoms with Gasteiger partial charge in [-0.15, -0.1) is 0 Å². The molecule has 1 aromatic carbocycles. The summed E-state index contributed by atoms with van der Waals surface area (Å²) in [7, 11) is 1.49. The average Bonchev–Trinajstić information content (AvgIpc) is 2.18. The summed E-state index contributed by atoms with van der Waals surface area (Å²) in [6, 6.07) is 6.39. The number of carboxylic acid groups (broad SMARTS) is 1. The van der Waals surface area contributed by atoms with Crippen molar-refractivity contribution in [1.82, 2.24) is 0 Å². The molecule has 1 aromatic rings. The third kappa shape index (κ3) is 2.09. The molecule has 0 atom stereocenters. The van der Waals surface area contributed by atoms with Gasteiger partial charge in [-0.3, -0.25) is 0 Å². The van der Waals surface area contributed by atoms with E-state index in [1.54, 1.807) is 12.1 Å². The SMILES string of the molecule is COCc1ccc(C#N)cc1C(=O)O. The first-order valence-corrected chi connectivity index (χ1v) is 3.94. The lowest BCUT2D eigenvalue weighted by atomic mass is 10.1. The molecular formula is C10H9NO3. The molecule has 1 rings (SSSR count). The van der Waals surface area contributed by atoms with E-state index >= 15 is 0 Å². The highest BCUT2D eigenvalue weighted by atomic mass is 16.5. The van der Waals surface area contributed by atoms with Gasteiger partial charge in [-0.1, -0.05) is 6.07 Å². The number of benzene rings is 1. The van der Waals surface area contributed by atoms with Crippen molar-refractivity contribution >= 4 is 5.97 Å². The van der Waals surface area contributed by atoms with E-state index in [9.17, 15) is 4.79 Å². The molecule has 0 radical (unpaired) electrons. The van der Waals surface area contributed by atoms with Gasteiger partial charge in [0.25, 0.3) is 0 Å². The van der Waals surface area contributed by atoms with E-state index in [1.807, 2.05) is 6.07 Å². The number of nitriles is 1. The van der Waals surface area contributed by atoms with Crippen molar-refractivity contribution in [3.8, 4) is 6.07 Å². The van der Waals surface area contributed by atoms with Crippen LogP contribution in [0.1, 0.15) is 21.5 Å². The van der Waals surface area contributed by atoms with Crippen LogP contribution in [0.25, 0.3) is 0 Å². The van der Waals surface area contributed by atoms with Gasteiger partial charge in [0, 0.05) is 7.11 Å². The van der Waals surface area contributed by atoms with Crippen molar-refractivity contribution in [2.75, 3.05) is 7.11 Å². The number of rotatable bonds is 3. The molecule has 14 heavy (non-hydrogen) atoms. The molecule has 0 amide bonds. The summed E-state index contributed by atoms with van der Waals surface area (Å²) in [5, 5.41) is 17.4. The van der Waals surface area contributed by atoms with Gasteiger partial charge >= 0.3 is 5.97 Å². The van der Waals surface area contributed by atoms with Crippen molar-refractivity contribution in [3.63, 3.8) is 0 Å². The first-order valence-electron chi connectivity index (χ1n) is 3.94. The summed E-state index contributed by atoms with van der Waals surface area (Å²) < 4.78 is 4.85. The number of hydrogen-bond donors (Lipinski definition) is 1. The van der Waals surface area contributed by atoms with E-state index in [0.717, 1.165) is 0 Å². The third-order valence-corrected chi connectivity index (χ3v) is 1.77. The van der Waals surface area contributed by atoms with Crippen LogP contribution in [0.4, 0.5) is 0 Å². The van der Waals surface area contributed by atoms with Gasteiger partial charge in [-0.05, 0) is 17.7 Å². The zero-order valence-electron chi connectivity index (χ0n) is 7.65. The second kappa shape index (κ2) is 4.40. The van der Waals surface area contributed by atoms with Crippen molar-refractivity contribution < 1.29 is 14.6 Å². The van der Waals surface area contributed by atoms with Crippen LogP contribution in [0.2, 0.25) is 0 Å². The average molecular weight is 191 g/mol. The third-order valence-electron chi connectivity index (χ3n) is 1.77. The van der Waals surface area contributed by atoms with Crippen LogP contribution in [0.5, 0.6) is 0 Å². The summed E-state index contributed by atoms with van der Waals surface area (Å²) in [5.41, 5.74) is 1.02. The summed E-state index contributed by atoms with van der Waals surface area (Å²) in [4.78, 5) is 10.8. The molecule has 0 saturated carbocycles. The highest BCUT2D eigenvalue weighted by molar-refractivity contribution is 5.89. The highest BCUT2D eigenvalue weighted by Crippen LogP contribution is 2.12. The van der Waals surface area contributed by atoms with Gasteiger partial charge in [0.05, 0.1) is 23.8 Å². The molecular weight excluding hydrogens is 182 g/mol. The quantitative estimate of drug-likeness (QED) is 0.783. The standard InChI is InChI=1S/C10H9NO3/c1-14-6-8-3-2-7(5-11)4-9(8)10(12)13/h2-4H,6H2,1H3,(H,12,13). The fraction of sp³-hybridized carbons (Fsp3) is 0.200. The Kier molecular flexibility index (Phi) is 3.21. The summed E-state index contributed by atoms with van der Waals surface area (Å²) >= 11 is 0. The maximum Gasteiger partial charge on any atom is 0.336 e. The van der Waals surface area contributed by atoms with Crippen molar-refractivity contribution in [1.29, 1.82) is 5.26 Å². The van der Waals surface area contributed by atoms with Crippen LogP contribution in [0.3, 0.4) is 0 Å². The molecule has 0 bridgehead atoms. The normalized spacial score (nSPS) is 9.43. The van der Waals surface area contributed by atoms with E-state index in [0.29, 0.717) is 11.1 Å². The highest BCUT2D eigenvalue weighted by Gasteiger charge is 2.10. The number of carbonyl (C=O) groups is 1. The summed E-state index contributed by atoms with van der Waals surface area (Å²) in [6.45, 7) is 0.230. The van der Waals surface area contributed by atoms with E-state index in [1.165, 1.54) is 13.2 Å². The van der Waals surface area contributed by atoms with E-state index < -0.39 is 5.97 Å². The molecule has 0 aliphatic rings. The van der Waals surface area contributed by atoms with Crippen LogP contribution in [0.15, 0.2) is 18.2 Å². The Labute approximate surface area is 81.4 Å². The maximum absolute atomic E-state index is 10.8. The Morgan fingerprint density at radius 2 is 2.36 bits per heavy atom. The molecule has 0 heterocycles. The minimum Gasteiger partial charge on any atom is -0.478 e. The zero-order chi connectivity index (χ0) is 10.6. The molecule has 0 aliphatic carbocycles. The smallest absolute Gasteiger partial charge is 0.336 e. The topological polar surface area (TPSA) is 70.3 Å². The lowest BCUT2D eigenvalue weighted by molar-refractivity contribution is 0.0692. The molecule has 0 spiro atoms. The fourth-order valence-corrected chi connectivity index (χ4v) is 1.13. The molecule has 0 aliphatic heterocycles. The van der Waals surface area contributed by atoms with Crippen LogP contribution in [0, 0.1) is 11.3 Å². The fourth-order valence-electron chi connectivity index (χ4n) is 1.13. The van der Waals surface area contributed by atoms with Crippen LogP contribution >= 0.6 is 0 Å². The molecule has 0 aromatic heterocycles. The number of methoxy groups -OCH3 is 1. The van der Waals surface area contributed by atoms with Gasteiger partial charge in [0.1, 0.15) is 0 Å². The Hall–Kier alpha value is -1.86. The van der Waals surface area contributed by atoms with E-state index in [-0.39, 0.29) is 12.2 Å². The van der Waals surface area contributed by atoms with Gasteiger partial charge in [0.15, 0.2) is 0 Å². The number of nitrogens with zero attached hydrogens (tertiary/aromatic N) is 1. The van der Waals surface area contributed by atoms with Crippen molar-refractivity contribution in [2.45, 2.75) is 6.61 Å². The zero-order valence-corrected chi connectivity index (χ0v) is 7.65. The first kappa shape index (κ1) is 10.2. The lowest BCUT2D eigenvalue weighted by Crippen LogP contribution is -2.03. The Morgan fingerprint density at radius 3 is 2.86 bits per heavy atom. The molecule has 0 fully saturated rings. The predicted molar refractivity (Wildman–Crippen MR) is 48.8 cm³/mol. The Morgan fingerprint density at radius 1 is 1.64 bits per heavy atom. The van der Waals surface area contributed by atoms with Crippen molar-refractivity contribution in [2.24, 2.45) is 0 Å². The maximum atomic E-state index is 10.8. The van der Waals surface area contributed by atoms with Crippen LogP contribution in [-0.4, -0.2) is 18.2 Å². The van der Waals surface area contributed by atoms with Gasteiger partial charge in [-0.2, -0.15) is 5.26 Å². The Balaban J connectivity index is 3.18. The molecule has 4 nitrogen and oxygen atoms in total. The number of carboxylic acids is 1. The largest absolute Gasteiger partial charge is 0.478 e. The second-order valence-electron chi connectivity index (χ2n) is 2.72. The molecule has 0 saturated heterocycles. The molecule has 0 unspecified atom stereocenters. The summed E-state index contributed by atoms with van der Waals surface area (Å²) in [5.74, 6) is -1.05. The minimum atomic E-state index is -1.05. The van der Waals surface area contributed by atoms with Crippen LogP contribution < -0.4 is 0 Å². The predicted octanol–water partition coefficient (Wildman–Crippen LogP) is 1.40. The molecule has 1 N–H and O–H groups in total. The molecule has 4 heteroatoms. The van der Waals surface area contributed by atoms with Crippen LogP contribution in [-0.2, 0) is 11.3 Å². The van der Waals surface area contributed by atoms with Gasteiger partial charge in [0.2, 0.25) is 0 Å². The van der Waals surface area contributed by atoms with Gasteiger partial charge in [-0.25, -0.2) is 4.79 Å². The van der Waals surface area contributed by atoms with Crippen molar-refractivity contribution in [3.05, 3.63) is 34.9 Å². The van der Waals surface area contributed by atoms with Gasteiger partial charge < -0.3 is 9.84 Å². The molecule has 72 valence electrons. The minimum absolute atomic E-state index is 0.117. The first-order chi connectivity index (χ1) is 6.69. The number of hydrogen-bond acceptors (Lipinski definition) is 3.